The molecule has 262 valence electrons. The van der Waals surface area contributed by atoms with Crippen molar-refractivity contribution in [2.24, 2.45) is 5.92 Å². The number of Topliss-reactive ketones (excluding diaryl/α,β-unsaturated/α-hetero) is 1. The van der Waals surface area contributed by atoms with Crippen molar-refractivity contribution in [1.29, 1.82) is 0 Å². The monoisotopic (exact) mass is 760 g/mol. The summed E-state index contributed by atoms with van der Waals surface area (Å²) < 4.78 is 52.9. The van der Waals surface area contributed by atoms with Crippen LogP contribution in [0.5, 0.6) is 0 Å². The van der Waals surface area contributed by atoms with Gasteiger partial charge in [-0.05, 0) is 89.1 Å². The molecule has 1 saturated carbocycles. The number of amides is 3. The second-order valence-corrected chi connectivity index (χ2v) is 15.5. The van der Waals surface area contributed by atoms with Gasteiger partial charge in [0.15, 0.2) is 11.6 Å². The number of ketones is 1. The third-order valence-electron chi connectivity index (χ3n) is 7.03. The SMILES string of the molecule is CC(C)(C)OC(=O)N(C(=O)OC(C)(C)C)c1cc(CC(=O)c2cc(NC(=O)[C@H]3[C@H](c4ccc(F)c(Cl)c4)C3(Cl)Cl)ccc2Cl)c(F)cc1F. The topological polar surface area (TPSA) is 102 Å². The molecule has 3 aromatic rings. The molecule has 3 amide bonds. The lowest BCUT2D eigenvalue weighted by molar-refractivity contribution is -0.117. The number of rotatable bonds is 7. The van der Waals surface area contributed by atoms with Gasteiger partial charge in [0.25, 0.3) is 0 Å². The molecule has 1 fully saturated rings. The number of halogens is 7. The minimum Gasteiger partial charge on any atom is -0.443 e. The van der Waals surface area contributed by atoms with Crippen LogP contribution < -0.4 is 10.2 Å². The molecule has 0 spiro atoms. The molecule has 0 aromatic heterocycles. The van der Waals surface area contributed by atoms with E-state index in [1.807, 2.05) is 0 Å². The van der Waals surface area contributed by atoms with Gasteiger partial charge in [-0.25, -0.2) is 22.8 Å². The van der Waals surface area contributed by atoms with Gasteiger partial charge in [-0.15, -0.1) is 23.2 Å². The molecule has 0 saturated heterocycles. The molecule has 1 aliphatic rings. The maximum atomic E-state index is 15.2. The number of carbonyl (C=O) groups excluding carboxylic acids is 4. The highest BCUT2D eigenvalue weighted by molar-refractivity contribution is 6.53. The smallest absolute Gasteiger partial charge is 0.424 e. The molecular formula is C34H31Cl4F3N2O6. The highest BCUT2D eigenvalue weighted by Crippen LogP contribution is 2.65. The van der Waals surface area contributed by atoms with E-state index < -0.39 is 86.4 Å². The average Bonchev–Trinajstić information content (AvgIpc) is 3.53. The highest BCUT2D eigenvalue weighted by atomic mass is 35.5. The standard InChI is InChI=1S/C34H31Cl4F3N2O6/c1-32(2,3)48-30(46)43(31(47)49-33(4,5)6)25-12-17(23(40)15-24(25)41)13-26(44)19-14-18(8-9-20(19)35)42-29(45)28-27(34(28,37)38)16-7-10-22(39)21(36)11-16/h7-12,14-15,27-28H,13H2,1-6H3,(H,42,45)/t27-,28+/m0/s1. The number of ether oxygens (including phenoxy) is 2. The molecule has 15 heteroatoms. The first-order valence-electron chi connectivity index (χ1n) is 14.7. The van der Waals surface area contributed by atoms with E-state index in [0.29, 0.717) is 11.6 Å². The molecule has 2 atom stereocenters. The molecule has 8 nitrogen and oxygen atoms in total. The second-order valence-electron chi connectivity index (χ2n) is 13.3. The summed E-state index contributed by atoms with van der Waals surface area (Å²) in [6.07, 6.45) is -3.29. The Hall–Kier alpha value is -3.51. The fourth-order valence-corrected chi connectivity index (χ4v) is 6.09. The molecule has 0 unspecified atom stereocenters. The van der Waals surface area contributed by atoms with Gasteiger partial charge in [-0.1, -0.05) is 29.3 Å². The molecule has 0 heterocycles. The molecule has 0 bridgehead atoms. The Morgan fingerprint density at radius 2 is 1.39 bits per heavy atom. The molecule has 0 radical (unpaired) electrons. The molecule has 1 aliphatic carbocycles. The number of hydrogen-bond acceptors (Lipinski definition) is 6. The minimum absolute atomic E-state index is 0.0517. The van der Waals surface area contributed by atoms with Crippen LogP contribution in [0.4, 0.5) is 34.1 Å². The molecule has 1 N–H and O–H groups in total. The first kappa shape index (κ1) is 38.3. The van der Waals surface area contributed by atoms with Gasteiger partial charge in [0.05, 0.1) is 21.7 Å². The summed E-state index contributed by atoms with van der Waals surface area (Å²) in [7, 11) is 0. The van der Waals surface area contributed by atoms with Crippen LogP contribution in [0, 0.1) is 23.4 Å². The Morgan fingerprint density at radius 3 is 1.94 bits per heavy atom. The van der Waals surface area contributed by atoms with Crippen molar-refractivity contribution in [3.8, 4) is 0 Å². The Bertz CT molecular complexity index is 1810. The quantitative estimate of drug-likeness (QED) is 0.190. The molecule has 49 heavy (non-hydrogen) atoms. The van der Waals surface area contributed by atoms with Crippen LogP contribution in [-0.4, -0.2) is 39.4 Å². The van der Waals surface area contributed by atoms with Crippen LogP contribution in [0.3, 0.4) is 0 Å². The number of imide groups is 1. The minimum atomic E-state index is -1.53. The van der Waals surface area contributed by atoms with E-state index in [2.05, 4.69) is 5.32 Å². The van der Waals surface area contributed by atoms with E-state index in [0.717, 1.165) is 12.1 Å². The van der Waals surface area contributed by atoms with Crippen molar-refractivity contribution in [2.75, 3.05) is 10.2 Å². The van der Waals surface area contributed by atoms with Gasteiger partial charge >= 0.3 is 12.2 Å². The Kier molecular flexibility index (Phi) is 11.0. The number of alkyl halides is 2. The maximum absolute atomic E-state index is 15.2. The van der Waals surface area contributed by atoms with E-state index >= 15 is 8.78 Å². The van der Waals surface area contributed by atoms with Gasteiger partial charge in [0.1, 0.15) is 27.2 Å². The van der Waals surface area contributed by atoms with Gasteiger partial charge in [-0.3, -0.25) is 9.59 Å². The third kappa shape index (κ3) is 9.00. The van der Waals surface area contributed by atoms with Gasteiger partial charge in [-0.2, -0.15) is 4.90 Å². The summed E-state index contributed by atoms with van der Waals surface area (Å²) in [6.45, 7) is 9.14. The summed E-state index contributed by atoms with van der Waals surface area (Å²) in [6, 6.07) is 9.09. The van der Waals surface area contributed by atoms with Crippen LogP contribution in [0.15, 0.2) is 48.5 Å². The average molecular weight is 762 g/mol. The Balaban J connectivity index is 1.59. The fraction of sp³-hybridized carbons (Fsp3) is 0.353. The normalized spacial score (nSPS) is 16.8. The van der Waals surface area contributed by atoms with Crippen molar-refractivity contribution in [2.45, 2.75) is 69.4 Å². The number of nitrogens with one attached hydrogen (secondary N) is 1. The lowest BCUT2D eigenvalue weighted by Crippen LogP contribution is -2.44. The zero-order valence-corrected chi connectivity index (χ0v) is 30.0. The molecule has 0 aliphatic heterocycles. The Labute approximate surface area is 300 Å². The summed E-state index contributed by atoms with van der Waals surface area (Å²) in [5, 5.41) is 2.40. The molecule has 3 aromatic carbocycles. The summed E-state index contributed by atoms with van der Waals surface area (Å²) in [5.41, 5.74) is -2.89. The number of hydrogen-bond donors (Lipinski definition) is 1. The van der Waals surface area contributed by atoms with Gasteiger partial charge in [0.2, 0.25) is 5.91 Å². The van der Waals surface area contributed by atoms with Crippen LogP contribution in [-0.2, 0) is 20.7 Å². The van der Waals surface area contributed by atoms with Crippen LogP contribution in [0.1, 0.15) is 68.9 Å². The zero-order valence-electron chi connectivity index (χ0n) is 27.0. The predicted octanol–water partition coefficient (Wildman–Crippen LogP) is 10.0. The number of anilines is 2. The number of benzene rings is 3. The van der Waals surface area contributed by atoms with Crippen LogP contribution in [0.2, 0.25) is 10.0 Å². The van der Waals surface area contributed by atoms with Gasteiger partial charge < -0.3 is 14.8 Å². The predicted molar refractivity (Wildman–Crippen MR) is 181 cm³/mol. The summed E-state index contributed by atoms with van der Waals surface area (Å²) in [4.78, 5) is 53.0. The Morgan fingerprint density at radius 1 is 0.796 bits per heavy atom. The lowest BCUT2D eigenvalue weighted by Gasteiger charge is -2.29. The van der Waals surface area contributed by atoms with Gasteiger partial charge in [0, 0.05) is 29.7 Å². The van der Waals surface area contributed by atoms with Crippen LogP contribution >= 0.6 is 46.4 Å². The van der Waals surface area contributed by atoms with Crippen LogP contribution in [0.25, 0.3) is 0 Å². The summed E-state index contributed by atoms with van der Waals surface area (Å²) in [5.74, 6) is -6.15. The first-order chi connectivity index (χ1) is 22.5. The van der Waals surface area contributed by atoms with E-state index in [-0.39, 0.29) is 26.2 Å². The molecule has 4 rings (SSSR count). The van der Waals surface area contributed by atoms with E-state index in [1.54, 1.807) is 0 Å². The van der Waals surface area contributed by atoms with E-state index in [1.165, 1.54) is 71.9 Å². The number of carbonyl (C=O) groups is 4. The summed E-state index contributed by atoms with van der Waals surface area (Å²) >= 11 is 25.0. The number of nitrogens with zero attached hydrogens (tertiary/aromatic N) is 1. The second kappa shape index (κ2) is 14.0. The maximum Gasteiger partial charge on any atom is 0.424 e. The largest absolute Gasteiger partial charge is 0.443 e. The van der Waals surface area contributed by atoms with Crippen molar-refractivity contribution in [3.05, 3.63) is 92.7 Å². The lowest BCUT2D eigenvalue weighted by atomic mass is 10.0. The molecular weight excluding hydrogens is 731 g/mol. The fourth-order valence-electron chi connectivity index (χ4n) is 4.85. The van der Waals surface area contributed by atoms with Crippen molar-refractivity contribution in [3.63, 3.8) is 0 Å². The third-order valence-corrected chi connectivity index (χ3v) is 8.59. The first-order valence-corrected chi connectivity index (χ1v) is 16.2. The van der Waals surface area contributed by atoms with Crippen molar-refractivity contribution in [1.82, 2.24) is 0 Å². The zero-order chi connectivity index (χ0) is 36.8. The highest BCUT2D eigenvalue weighted by Gasteiger charge is 2.67. The van der Waals surface area contributed by atoms with E-state index in [9.17, 15) is 23.6 Å². The van der Waals surface area contributed by atoms with E-state index in [4.69, 9.17) is 55.9 Å². The van der Waals surface area contributed by atoms with Crippen molar-refractivity contribution >= 4 is 81.7 Å². The van der Waals surface area contributed by atoms with Crippen molar-refractivity contribution < 1.29 is 41.8 Å².